The standard InChI is InChI=1S/C21H20N2O2S2/c1-21(2,20(24)25-3)11-19-23-16(12-26-19)13-8-9-18-15(10-13)22-14-6-4-5-7-17(14)27-18/h4-10,12,22H,11H2,1-3H3. The molecule has 2 aromatic carbocycles. The quantitative estimate of drug-likeness (QED) is 0.445. The molecule has 0 radical (unpaired) electrons. The van der Waals surface area contributed by atoms with E-state index < -0.39 is 5.41 Å². The van der Waals surface area contributed by atoms with Crippen molar-refractivity contribution in [3.05, 3.63) is 52.9 Å². The third-order valence-corrected chi connectivity index (χ3v) is 6.54. The van der Waals surface area contributed by atoms with Gasteiger partial charge in [0.1, 0.15) is 0 Å². The molecule has 6 heteroatoms. The molecule has 1 aromatic heterocycles. The number of nitrogens with zero attached hydrogens (tertiary/aromatic N) is 1. The minimum absolute atomic E-state index is 0.215. The minimum Gasteiger partial charge on any atom is -0.469 e. The number of aromatic nitrogens is 1. The SMILES string of the molecule is COC(=O)C(C)(C)Cc1nc(-c2ccc3c(c2)Nc2ccccc2S3)cs1. The van der Waals surface area contributed by atoms with Gasteiger partial charge in [-0.1, -0.05) is 30.0 Å². The van der Waals surface area contributed by atoms with Crippen LogP contribution in [0.15, 0.2) is 57.6 Å². The number of rotatable bonds is 4. The summed E-state index contributed by atoms with van der Waals surface area (Å²) >= 11 is 3.35. The van der Waals surface area contributed by atoms with E-state index in [9.17, 15) is 4.79 Å². The molecule has 0 saturated carbocycles. The molecule has 27 heavy (non-hydrogen) atoms. The van der Waals surface area contributed by atoms with E-state index in [1.807, 2.05) is 25.3 Å². The van der Waals surface area contributed by atoms with E-state index in [1.165, 1.54) is 16.9 Å². The van der Waals surface area contributed by atoms with Crippen LogP contribution in [0, 0.1) is 5.41 Å². The molecule has 138 valence electrons. The normalized spacial score (nSPS) is 12.7. The third kappa shape index (κ3) is 3.59. The van der Waals surface area contributed by atoms with Crippen molar-refractivity contribution in [3.63, 3.8) is 0 Å². The fraction of sp³-hybridized carbons (Fsp3) is 0.238. The predicted octanol–water partition coefficient (Wildman–Crippen LogP) is 5.76. The van der Waals surface area contributed by atoms with Crippen molar-refractivity contribution in [3.8, 4) is 11.3 Å². The molecule has 0 atom stereocenters. The first-order chi connectivity index (χ1) is 13.0. The van der Waals surface area contributed by atoms with Gasteiger partial charge in [0, 0.05) is 27.2 Å². The van der Waals surface area contributed by atoms with Crippen molar-refractivity contribution < 1.29 is 9.53 Å². The average molecular weight is 397 g/mol. The van der Waals surface area contributed by atoms with Crippen molar-refractivity contribution in [1.29, 1.82) is 0 Å². The molecule has 0 saturated heterocycles. The Balaban J connectivity index is 1.58. The topological polar surface area (TPSA) is 51.2 Å². The number of para-hydroxylation sites is 1. The van der Waals surface area contributed by atoms with Crippen LogP contribution in [0.5, 0.6) is 0 Å². The number of nitrogens with one attached hydrogen (secondary N) is 1. The molecule has 1 N–H and O–H groups in total. The van der Waals surface area contributed by atoms with E-state index in [2.05, 4.69) is 41.7 Å². The van der Waals surface area contributed by atoms with Crippen LogP contribution in [-0.4, -0.2) is 18.1 Å². The van der Waals surface area contributed by atoms with Gasteiger partial charge in [-0.05, 0) is 38.1 Å². The Morgan fingerprint density at radius 2 is 1.93 bits per heavy atom. The van der Waals surface area contributed by atoms with Gasteiger partial charge in [-0.15, -0.1) is 11.3 Å². The number of hydrogen-bond acceptors (Lipinski definition) is 6. The molecule has 1 aliphatic heterocycles. The second-order valence-corrected chi connectivity index (χ2v) is 9.14. The molecule has 0 fully saturated rings. The highest BCUT2D eigenvalue weighted by Crippen LogP contribution is 2.45. The summed E-state index contributed by atoms with van der Waals surface area (Å²) in [6.07, 6.45) is 0.566. The molecule has 0 bridgehead atoms. The molecule has 1 aliphatic rings. The molecular formula is C21H20N2O2S2. The summed E-state index contributed by atoms with van der Waals surface area (Å²) in [7, 11) is 1.42. The Bertz CT molecular complexity index is 1010. The molecule has 0 amide bonds. The Labute approximate surface area is 167 Å². The lowest BCUT2D eigenvalue weighted by atomic mass is 9.90. The van der Waals surface area contributed by atoms with Gasteiger partial charge in [0.2, 0.25) is 0 Å². The minimum atomic E-state index is -0.582. The fourth-order valence-corrected chi connectivity index (χ4v) is 5.05. The first kappa shape index (κ1) is 18.1. The number of thiazole rings is 1. The lowest BCUT2D eigenvalue weighted by Crippen LogP contribution is -2.27. The van der Waals surface area contributed by atoms with Gasteiger partial charge < -0.3 is 10.1 Å². The number of methoxy groups -OCH3 is 1. The molecule has 2 heterocycles. The first-order valence-electron chi connectivity index (χ1n) is 8.67. The number of fused-ring (bicyclic) bond motifs is 2. The molecule has 0 aliphatic carbocycles. The second kappa shape index (κ2) is 7.02. The van der Waals surface area contributed by atoms with Crippen LogP contribution in [0.2, 0.25) is 0 Å². The van der Waals surface area contributed by atoms with Crippen LogP contribution in [0.3, 0.4) is 0 Å². The highest BCUT2D eigenvalue weighted by atomic mass is 32.2. The Hall–Kier alpha value is -2.31. The highest BCUT2D eigenvalue weighted by Gasteiger charge is 2.30. The molecule has 4 rings (SSSR count). The predicted molar refractivity (Wildman–Crippen MR) is 111 cm³/mol. The van der Waals surface area contributed by atoms with Gasteiger partial charge >= 0.3 is 5.97 Å². The van der Waals surface area contributed by atoms with Crippen LogP contribution in [0.4, 0.5) is 11.4 Å². The molecular weight excluding hydrogens is 376 g/mol. The van der Waals surface area contributed by atoms with Gasteiger partial charge in [0.05, 0.1) is 34.6 Å². The average Bonchev–Trinajstić information content (AvgIpc) is 3.12. The van der Waals surface area contributed by atoms with Crippen LogP contribution in [0.1, 0.15) is 18.9 Å². The van der Waals surface area contributed by atoms with E-state index in [-0.39, 0.29) is 5.97 Å². The number of hydrogen-bond donors (Lipinski definition) is 1. The summed E-state index contributed by atoms with van der Waals surface area (Å²) in [6.45, 7) is 3.77. The van der Waals surface area contributed by atoms with Crippen LogP contribution < -0.4 is 5.32 Å². The summed E-state index contributed by atoms with van der Waals surface area (Å²) in [5.41, 5.74) is 3.65. The van der Waals surface area contributed by atoms with E-state index in [0.717, 1.165) is 27.6 Å². The molecule has 3 aromatic rings. The van der Waals surface area contributed by atoms with Gasteiger partial charge in [0.15, 0.2) is 0 Å². The number of carbonyl (C=O) groups excluding carboxylic acids is 1. The maximum absolute atomic E-state index is 11.9. The van der Waals surface area contributed by atoms with Crippen LogP contribution in [-0.2, 0) is 16.0 Å². The number of carbonyl (C=O) groups is 1. The third-order valence-electron chi connectivity index (χ3n) is 4.53. The van der Waals surface area contributed by atoms with Gasteiger partial charge in [0.25, 0.3) is 0 Å². The van der Waals surface area contributed by atoms with E-state index in [1.54, 1.807) is 23.1 Å². The largest absolute Gasteiger partial charge is 0.469 e. The lowest BCUT2D eigenvalue weighted by molar-refractivity contribution is -0.150. The molecule has 4 nitrogen and oxygen atoms in total. The van der Waals surface area contributed by atoms with Crippen molar-refractivity contribution >= 4 is 40.4 Å². The van der Waals surface area contributed by atoms with Gasteiger partial charge in [-0.2, -0.15) is 0 Å². The lowest BCUT2D eigenvalue weighted by Gasteiger charge is -2.21. The van der Waals surface area contributed by atoms with Crippen molar-refractivity contribution in [2.45, 2.75) is 30.1 Å². The maximum Gasteiger partial charge on any atom is 0.311 e. The zero-order chi connectivity index (χ0) is 19.0. The van der Waals surface area contributed by atoms with E-state index >= 15 is 0 Å². The van der Waals surface area contributed by atoms with E-state index in [0.29, 0.717) is 6.42 Å². The number of esters is 1. The van der Waals surface area contributed by atoms with Gasteiger partial charge in [-0.25, -0.2) is 4.98 Å². The molecule has 0 spiro atoms. The summed E-state index contributed by atoms with van der Waals surface area (Å²) in [5, 5.41) is 6.50. The monoisotopic (exact) mass is 396 g/mol. The van der Waals surface area contributed by atoms with Crippen molar-refractivity contribution in [1.82, 2.24) is 4.98 Å². The summed E-state index contributed by atoms with van der Waals surface area (Å²) < 4.78 is 4.90. The zero-order valence-electron chi connectivity index (χ0n) is 15.4. The van der Waals surface area contributed by atoms with Crippen LogP contribution in [0.25, 0.3) is 11.3 Å². The molecule has 0 unspecified atom stereocenters. The Kier molecular flexibility index (Phi) is 4.70. The van der Waals surface area contributed by atoms with Crippen LogP contribution >= 0.6 is 23.1 Å². The number of benzene rings is 2. The highest BCUT2D eigenvalue weighted by molar-refractivity contribution is 7.99. The number of anilines is 2. The van der Waals surface area contributed by atoms with Crippen molar-refractivity contribution in [2.24, 2.45) is 5.41 Å². The summed E-state index contributed by atoms with van der Waals surface area (Å²) in [6, 6.07) is 14.7. The van der Waals surface area contributed by atoms with E-state index in [4.69, 9.17) is 9.72 Å². The summed E-state index contributed by atoms with van der Waals surface area (Å²) in [4.78, 5) is 19.1. The Morgan fingerprint density at radius 3 is 2.74 bits per heavy atom. The fourth-order valence-electron chi connectivity index (χ4n) is 3.05. The number of ether oxygens (including phenoxy) is 1. The second-order valence-electron chi connectivity index (χ2n) is 7.11. The summed E-state index contributed by atoms with van der Waals surface area (Å²) in [5.74, 6) is -0.215. The zero-order valence-corrected chi connectivity index (χ0v) is 17.0. The maximum atomic E-state index is 11.9. The Morgan fingerprint density at radius 1 is 1.15 bits per heavy atom. The van der Waals surface area contributed by atoms with Gasteiger partial charge in [-0.3, -0.25) is 4.79 Å². The smallest absolute Gasteiger partial charge is 0.311 e. The first-order valence-corrected chi connectivity index (χ1v) is 10.4. The van der Waals surface area contributed by atoms with Crippen molar-refractivity contribution in [2.75, 3.05) is 12.4 Å².